The monoisotopic (exact) mass is 497 g/mol. The van der Waals surface area contributed by atoms with E-state index in [0.29, 0.717) is 12.1 Å². The maximum atomic E-state index is 6.10. The van der Waals surface area contributed by atoms with Crippen LogP contribution in [0, 0.1) is 0 Å². The average molecular weight is 498 g/mol. The Bertz CT molecular complexity index is 1370. The Labute approximate surface area is 215 Å². The summed E-state index contributed by atoms with van der Waals surface area (Å²) in [6.45, 7) is 3.31. The number of aromatic amines is 1. The van der Waals surface area contributed by atoms with Gasteiger partial charge in [-0.1, -0.05) is 12.1 Å². The summed E-state index contributed by atoms with van der Waals surface area (Å²) in [7, 11) is 0. The van der Waals surface area contributed by atoms with Crippen LogP contribution >= 0.6 is 0 Å². The number of H-pyrrole nitrogens is 1. The number of piperidine rings is 1. The fraction of sp³-hybridized carbons (Fsp3) is 0.407. The molecule has 3 atom stereocenters. The first kappa shape index (κ1) is 22.4. The van der Waals surface area contributed by atoms with Gasteiger partial charge >= 0.3 is 0 Å². The van der Waals surface area contributed by atoms with Crippen molar-refractivity contribution in [2.45, 2.75) is 43.8 Å². The Balaban J connectivity index is 1.08. The van der Waals surface area contributed by atoms with E-state index in [2.05, 4.69) is 70.4 Å². The maximum absolute atomic E-state index is 6.10. The number of ether oxygens (including phenoxy) is 1. The molecule has 3 aromatic heterocycles. The molecule has 7 rings (SSSR count). The molecule has 1 aromatic carbocycles. The fourth-order valence-electron chi connectivity index (χ4n) is 5.90. The Morgan fingerprint density at radius 1 is 0.946 bits per heavy atom. The highest BCUT2D eigenvalue weighted by Gasteiger charge is 2.39. The molecule has 0 radical (unpaired) electrons. The lowest BCUT2D eigenvalue weighted by atomic mass is 10.1. The van der Waals surface area contributed by atoms with E-state index in [1.54, 1.807) is 6.33 Å². The number of morpholine rings is 1. The number of nitrogens with one attached hydrogen (secondary N) is 2. The number of nitrogens with two attached hydrogens (primary N) is 1. The summed E-state index contributed by atoms with van der Waals surface area (Å²) in [4.78, 5) is 26.4. The first-order chi connectivity index (χ1) is 18.2. The smallest absolute Gasteiger partial charge is 0.225 e. The van der Waals surface area contributed by atoms with Gasteiger partial charge in [0.05, 0.1) is 48.8 Å². The molecule has 2 unspecified atom stereocenters. The molecule has 10 heteroatoms. The molecule has 6 heterocycles. The minimum Gasteiger partial charge on any atom is -0.377 e. The highest BCUT2D eigenvalue weighted by molar-refractivity contribution is 5.92. The summed E-state index contributed by atoms with van der Waals surface area (Å²) in [5, 5.41) is 4.46. The zero-order valence-corrected chi connectivity index (χ0v) is 20.7. The Kier molecular flexibility index (Phi) is 5.63. The largest absolute Gasteiger partial charge is 0.377 e. The van der Waals surface area contributed by atoms with Crippen LogP contribution in [0.25, 0.3) is 22.3 Å². The minimum atomic E-state index is 0.194. The molecule has 0 amide bonds. The van der Waals surface area contributed by atoms with E-state index in [-0.39, 0.29) is 6.04 Å². The van der Waals surface area contributed by atoms with E-state index in [9.17, 15) is 0 Å². The molecule has 0 spiro atoms. The highest BCUT2D eigenvalue weighted by Crippen LogP contribution is 2.37. The lowest BCUT2D eigenvalue weighted by molar-refractivity contribution is 0.0904. The maximum Gasteiger partial charge on any atom is 0.225 e. The lowest BCUT2D eigenvalue weighted by Gasteiger charge is -2.35. The third kappa shape index (κ3) is 4.25. The predicted molar refractivity (Wildman–Crippen MR) is 144 cm³/mol. The summed E-state index contributed by atoms with van der Waals surface area (Å²) in [5.74, 6) is 1.75. The van der Waals surface area contributed by atoms with Crippen LogP contribution in [-0.2, 0) is 4.74 Å². The van der Waals surface area contributed by atoms with Crippen molar-refractivity contribution in [2.24, 2.45) is 5.73 Å². The summed E-state index contributed by atoms with van der Waals surface area (Å²) in [6.07, 6.45) is 9.76. The number of rotatable bonds is 5. The molecule has 4 N–H and O–H groups in total. The van der Waals surface area contributed by atoms with Crippen LogP contribution < -0.4 is 20.9 Å². The first-order valence-corrected chi connectivity index (χ1v) is 13.1. The van der Waals surface area contributed by atoms with E-state index >= 15 is 0 Å². The molecule has 4 aromatic rings. The standard InChI is InChI=1S/C27H31N9O/c28-18-2-1-9-35(13-18)27-29-11-20(12-30-27)33-19-5-3-17(4-6-19)24-10-23-25(34-24)31-16-32-26(23)36-21-7-8-22(36)15-37-14-21/h3-6,10-12,16,18,21-22,33H,1-2,7-9,13-15,28H2,(H,31,32,34)/t18-,21?,22?/m1/s1. The minimum absolute atomic E-state index is 0.194. The van der Waals surface area contributed by atoms with E-state index in [4.69, 9.17) is 10.5 Å². The number of hydrogen-bond donors (Lipinski definition) is 3. The van der Waals surface area contributed by atoms with Gasteiger partial charge in [0.15, 0.2) is 0 Å². The molecule has 3 aliphatic heterocycles. The Hall–Kier alpha value is -3.76. The topological polar surface area (TPSA) is 121 Å². The van der Waals surface area contributed by atoms with Gasteiger partial charge in [0.1, 0.15) is 17.8 Å². The van der Waals surface area contributed by atoms with E-state index in [1.807, 2.05) is 12.4 Å². The van der Waals surface area contributed by atoms with Crippen LogP contribution in [0.5, 0.6) is 0 Å². The Morgan fingerprint density at radius 3 is 2.49 bits per heavy atom. The number of aromatic nitrogens is 5. The average Bonchev–Trinajstić information content (AvgIpc) is 3.47. The molecule has 0 aliphatic carbocycles. The van der Waals surface area contributed by atoms with E-state index in [1.165, 1.54) is 0 Å². The molecule has 3 aliphatic rings. The number of hydrogen-bond acceptors (Lipinski definition) is 9. The van der Waals surface area contributed by atoms with Crippen LogP contribution in [0.1, 0.15) is 25.7 Å². The van der Waals surface area contributed by atoms with E-state index < -0.39 is 0 Å². The first-order valence-electron chi connectivity index (χ1n) is 13.1. The van der Waals surface area contributed by atoms with Gasteiger partial charge < -0.3 is 30.6 Å². The van der Waals surface area contributed by atoms with Gasteiger partial charge in [-0.25, -0.2) is 19.9 Å². The normalized spacial score (nSPS) is 23.5. The zero-order valence-electron chi connectivity index (χ0n) is 20.7. The van der Waals surface area contributed by atoms with Crippen molar-refractivity contribution in [3.8, 4) is 11.3 Å². The molecule has 37 heavy (non-hydrogen) atoms. The molecule has 190 valence electrons. The molecule has 3 saturated heterocycles. The van der Waals surface area contributed by atoms with Crippen LogP contribution in [-0.4, -0.2) is 69.3 Å². The van der Waals surface area contributed by atoms with Crippen LogP contribution in [0.3, 0.4) is 0 Å². The van der Waals surface area contributed by atoms with Crippen molar-refractivity contribution in [1.82, 2.24) is 24.9 Å². The second-order valence-electron chi connectivity index (χ2n) is 10.3. The number of fused-ring (bicyclic) bond motifs is 3. The molecule has 10 nitrogen and oxygen atoms in total. The van der Waals surface area contributed by atoms with Crippen LogP contribution in [0.2, 0.25) is 0 Å². The third-order valence-electron chi connectivity index (χ3n) is 7.75. The van der Waals surface area contributed by atoms with Crippen LogP contribution in [0.15, 0.2) is 49.1 Å². The summed E-state index contributed by atoms with van der Waals surface area (Å²) in [5.41, 5.74) is 10.9. The molecular weight excluding hydrogens is 466 g/mol. The van der Waals surface area contributed by atoms with Crippen molar-refractivity contribution in [3.05, 3.63) is 49.1 Å². The Morgan fingerprint density at radius 2 is 1.73 bits per heavy atom. The molecule has 0 saturated carbocycles. The predicted octanol–water partition coefficient (Wildman–Crippen LogP) is 3.45. The second kappa shape index (κ2) is 9.28. The molecule has 2 bridgehead atoms. The second-order valence-corrected chi connectivity index (χ2v) is 10.3. The van der Waals surface area contributed by atoms with Crippen molar-refractivity contribution < 1.29 is 4.74 Å². The van der Waals surface area contributed by atoms with Gasteiger partial charge in [0.2, 0.25) is 5.95 Å². The van der Waals surface area contributed by atoms with Gasteiger partial charge in [-0.05, 0) is 49.4 Å². The lowest BCUT2D eigenvalue weighted by Crippen LogP contribution is -2.46. The van der Waals surface area contributed by atoms with Gasteiger partial charge in [0.25, 0.3) is 0 Å². The quantitative estimate of drug-likeness (QED) is 0.381. The third-order valence-corrected chi connectivity index (χ3v) is 7.75. The number of benzene rings is 1. The summed E-state index contributed by atoms with van der Waals surface area (Å²) in [6, 6.07) is 11.5. The van der Waals surface area contributed by atoms with Gasteiger partial charge in [-0.2, -0.15) is 0 Å². The van der Waals surface area contributed by atoms with Gasteiger partial charge in [-0.3, -0.25) is 0 Å². The van der Waals surface area contributed by atoms with Crippen molar-refractivity contribution in [3.63, 3.8) is 0 Å². The SMILES string of the molecule is N[C@@H]1CCCN(c2ncc(Nc3ccc(-c4cc5c(N6C7CCC6COC7)ncnc5[nH]4)cc3)cn2)C1. The summed E-state index contributed by atoms with van der Waals surface area (Å²) >= 11 is 0. The van der Waals surface area contributed by atoms with Crippen LogP contribution in [0.4, 0.5) is 23.1 Å². The summed E-state index contributed by atoms with van der Waals surface area (Å²) < 4.78 is 5.77. The van der Waals surface area contributed by atoms with Crippen molar-refractivity contribution in [2.75, 3.05) is 41.4 Å². The molecule has 3 fully saturated rings. The zero-order chi connectivity index (χ0) is 24.8. The highest BCUT2D eigenvalue weighted by atomic mass is 16.5. The van der Waals surface area contributed by atoms with Gasteiger partial charge in [-0.15, -0.1) is 0 Å². The number of nitrogens with zero attached hydrogens (tertiary/aromatic N) is 6. The number of anilines is 4. The van der Waals surface area contributed by atoms with E-state index in [0.717, 1.165) is 97.4 Å². The molecular formula is C27H31N9O. The van der Waals surface area contributed by atoms with Crippen molar-refractivity contribution >= 4 is 34.2 Å². The fourth-order valence-corrected chi connectivity index (χ4v) is 5.90. The van der Waals surface area contributed by atoms with Gasteiger partial charge in [0, 0.05) is 30.5 Å². The van der Waals surface area contributed by atoms with Crippen molar-refractivity contribution in [1.29, 1.82) is 0 Å².